The predicted molar refractivity (Wildman–Crippen MR) is 128 cm³/mol. The van der Waals surface area contributed by atoms with Gasteiger partial charge in [-0.15, -0.1) is 0 Å². The normalized spacial score (nSPS) is 19.1. The van der Waals surface area contributed by atoms with Gasteiger partial charge in [-0.05, 0) is 50.3 Å². The Kier molecular flexibility index (Phi) is 7.50. The number of H-pyrrole nitrogens is 1. The van der Waals surface area contributed by atoms with Gasteiger partial charge in [0, 0.05) is 30.7 Å². The highest BCUT2D eigenvalue weighted by Gasteiger charge is 2.31. The minimum Gasteiger partial charge on any atom is -0.465 e. The number of aromatic amines is 1. The van der Waals surface area contributed by atoms with Crippen molar-refractivity contribution in [3.05, 3.63) is 35.8 Å². The van der Waals surface area contributed by atoms with E-state index in [-0.39, 0.29) is 29.8 Å². The summed E-state index contributed by atoms with van der Waals surface area (Å²) in [6.45, 7) is 1.97. The van der Waals surface area contributed by atoms with Crippen LogP contribution in [0.3, 0.4) is 0 Å². The van der Waals surface area contributed by atoms with Crippen LogP contribution >= 0.6 is 0 Å². The number of carbonyl (C=O) groups excluding carboxylic acids is 3. The number of likely N-dealkylation sites (tertiary alicyclic amines) is 2. The molecule has 2 fully saturated rings. The monoisotopic (exact) mass is 479 g/mol. The van der Waals surface area contributed by atoms with E-state index in [1.807, 2.05) is 12.1 Å². The van der Waals surface area contributed by atoms with Crippen molar-refractivity contribution in [2.45, 2.75) is 38.1 Å². The first-order chi connectivity index (χ1) is 17.0. The number of hydrogen-bond acceptors (Lipinski definition) is 8. The van der Waals surface area contributed by atoms with Crippen LogP contribution in [-0.4, -0.2) is 77.1 Å². The molecule has 3 N–H and O–H groups in total. The van der Waals surface area contributed by atoms with Crippen LogP contribution in [0.15, 0.2) is 35.8 Å². The van der Waals surface area contributed by atoms with Crippen LogP contribution in [0.25, 0.3) is 10.9 Å². The molecule has 2 aliphatic rings. The second-order valence-corrected chi connectivity index (χ2v) is 8.69. The van der Waals surface area contributed by atoms with E-state index in [0.29, 0.717) is 18.7 Å². The van der Waals surface area contributed by atoms with E-state index >= 15 is 0 Å². The number of anilines is 1. The largest absolute Gasteiger partial charge is 0.465 e. The molecule has 1 aromatic heterocycles. The van der Waals surface area contributed by atoms with E-state index < -0.39 is 12.0 Å². The number of hydrogen-bond donors (Lipinski definition) is 3. The van der Waals surface area contributed by atoms with Crippen molar-refractivity contribution in [1.82, 2.24) is 25.3 Å². The molecular formula is C24H29N7O4. The van der Waals surface area contributed by atoms with Gasteiger partial charge in [0.15, 0.2) is 5.57 Å². The highest BCUT2D eigenvalue weighted by Crippen LogP contribution is 2.21. The molecule has 2 saturated heterocycles. The van der Waals surface area contributed by atoms with E-state index in [1.165, 1.54) is 7.11 Å². The predicted octanol–water partition coefficient (Wildman–Crippen LogP) is 1.48. The van der Waals surface area contributed by atoms with E-state index in [9.17, 15) is 19.6 Å². The average molecular weight is 480 g/mol. The topological polar surface area (TPSA) is 143 Å². The highest BCUT2D eigenvalue weighted by molar-refractivity contribution is 5.95. The summed E-state index contributed by atoms with van der Waals surface area (Å²) in [5.74, 6) is -1.04. The Morgan fingerprint density at radius 2 is 2.00 bits per heavy atom. The lowest BCUT2D eigenvalue weighted by Gasteiger charge is -2.28. The van der Waals surface area contributed by atoms with Crippen LogP contribution in [0.5, 0.6) is 0 Å². The molecule has 1 aromatic carbocycles. The number of nitrogens with one attached hydrogen (secondary N) is 3. The molecule has 3 heterocycles. The van der Waals surface area contributed by atoms with Crippen molar-refractivity contribution in [1.29, 1.82) is 5.26 Å². The Morgan fingerprint density at radius 1 is 1.23 bits per heavy atom. The van der Waals surface area contributed by atoms with Crippen LogP contribution in [-0.2, 0) is 19.1 Å². The molecule has 0 saturated carbocycles. The summed E-state index contributed by atoms with van der Waals surface area (Å²) >= 11 is 0. The zero-order chi connectivity index (χ0) is 24.8. The van der Waals surface area contributed by atoms with E-state index in [0.717, 1.165) is 49.7 Å². The second-order valence-electron chi connectivity index (χ2n) is 8.69. The van der Waals surface area contributed by atoms with E-state index in [2.05, 4.69) is 20.8 Å². The number of fused-ring (bicyclic) bond motifs is 1. The fourth-order valence-electron chi connectivity index (χ4n) is 4.44. The van der Waals surface area contributed by atoms with Crippen molar-refractivity contribution >= 4 is 34.4 Å². The van der Waals surface area contributed by atoms with Gasteiger partial charge >= 0.3 is 5.97 Å². The summed E-state index contributed by atoms with van der Waals surface area (Å²) in [7, 11) is 1.19. The van der Waals surface area contributed by atoms with Crippen molar-refractivity contribution in [3.8, 4) is 6.07 Å². The van der Waals surface area contributed by atoms with Gasteiger partial charge in [-0.3, -0.25) is 14.7 Å². The summed E-state index contributed by atoms with van der Waals surface area (Å²) in [5.41, 5.74) is 1.07. The molecule has 1 atom stereocenters. The van der Waals surface area contributed by atoms with Crippen LogP contribution in [0.4, 0.5) is 5.69 Å². The maximum Gasteiger partial charge on any atom is 0.352 e. The molecule has 0 unspecified atom stereocenters. The lowest BCUT2D eigenvalue weighted by Crippen LogP contribution is -2.49. The summed E-state index contributed by atoms with van der Waals surface area (Å²) in [6, 6.07) is 6.57. The van der Waals surface area contributed by atoms with Crippen LogP contribution in [0.1, 0.15) is 32.1 Å². The number of nitrogens with zero attached hydrogens (tertiary/aromatic N) is 4. The van der Waals surface area contributed by atoms with Gasteiger partial charge in [-0.2, -0.15) is 10.4 Å². The van der Waals surface area contributed by atoms with Gasteiger partial charge in [0.1, 0.15) is 17.9 Å². The standard InChI is InChI=1S/C24H29N7O4/c1-35-24(34)18(13-25)22(27-17-8-7-16-14-26-29-20(16)12-17)28-19-6-2-3-11-31(23(19)33)15-21(32)30-9-4-5-10-30/h7-8,12,14,19,27-28H,2-6,9-11,15H2,1H3,(H,26,29)/b22-18-/t19-/m0/s1. The van der Waals surface area contributed by atoms with Gasteiger partial charge in [0.25, 0.3) is 0 Å². The van der Waals surface area contributed by atoms with Gasteiger partial charge in [-0.1, -0.05) is 0 Å². The molecule has 2 aliphatic heterocycles. The van der Waals surface area contributed by atoms with Gasteiger partial charge in [0.2, 0.25) is 11.8 Å². The molecule has 0 spiro atoms. The first-order valence-corrected chi connectivity index (χ1v) is 11.8. The highest BCUT2D eigenvalue weighted by atomic mass is 16.5. The number of methoxy groups -OCH3 is 1. The number of amides is 2. The molecule has 35 heavy (non-hydrogen) atoms. The SMILES string of the molecule is COC(=O)/C(C#N)=C(/Nc1ccc2cn[nH]c2c1)N[C@H]1CCCCN(CC(=O)N2CCCC2)C1=O. The molecule has 11 heteroatoms. The third kappa shape index (κ3) is 5.54. The van der Waals surface area contributed by atoms with Crippen LogP contribution in [0, 0.1) is 11.3 Å². The minimum absolute atomic E-state index is 0.0299. The quantitative estimate of drug-likeness (QED) is 0.308. The van der Waals surface area contributed by atoms with Crippen LogP contribution < -0.4 is 10.6 Å². The van der Waals surface area contributed by atoms with Gasteiger partial charge in [0.05, 0.1) is 25.4 Å². The third-order valence-electron chi connectivity index (χ3n) is 6.35. The Bertz CT molecular complexity index is 1180. The molecule has 4 rings (SSSR count). The lowest BCUT2D eigenvalue weighted by molar-refractivity contribution is -0.140. The fourth-order valence-corrected chi connectivity index (χ4v) is 4.44. The summed E-state index contributed by atoms with van der Waals surface area (Å²) < 4.78 is 4.79. The molecule has 0 radical (unpaired) electrons. The number of carbonyl (C=O) groups is 3. The van der Waals surface area contributed by atoms with Crippen molar-refractivity contribution < 1.29 is 19.1 Å². The van der Waals surface area contributed by atoms with Gasteiger partial charge < -0.3 is 25.2 Å². The average Bonchev–Trinajstić information content (AvgIpc) is 3.54. The minimum atomic E-state index is -0.827. The number of benzene rings is 1. The maximum absolute atomic E-state index is 13.4. The van der Waals surface area contributed by atoms with E-state index in [4.69, 9.17) is 4.74 Å². The zero-order valence-corrected chi connectivity index (χ0v) is 19.7. The molecule has 184 valence electrons. The number of esters is 1. The van der Waals surface area contributed by atoms with Crippen molar-refractivity contribution in [2.75, 3.05) is 38.6 Å². The molecule has 2 aromatic rings. The number of nitriles is 1. The summed E-state index contributed by atoms with van der Waals surface area (Å²) in [6.07, 6.45) is 5.67. The maximum atomic E-state index is 13.4. The smallest absolute Gasteiger partial charge is 0.352 e. The third-order valence-corrected chi connectivity index (χ3v) is 6.35. The van der Waals surface area contributed by atoms with Crippen molar-refractivity contribution in [2.24, 2.45) is 0 Å². The Labute approximate surface area is 203 Å². The fraction of sp³-hybridized carbons (Fsp3) is 0.458. The zero-order valence-electron chi connectivity index (χ0n) is 19.7. The summed E-state index contributed by atoms with van der Waals surface area (Å²) in [5, 5.41) is 23.6. The Hall–Kier alpha value is -4.07. The van der Waals surface area contributed by atoms with E-state index in [1.54, 1.807) is 28.1 Å². The molecule has 11 nitrogen and oxygen atoms in total. The number of aromatic nitrogens is 2. The lowest BCUT2D eigenvalue weighted by atomic mass is 10.1. The number of rotatable bonds is 7. The van der Waals surface area contributed by atoms with Crippen LogP contribution in [0.2, 0.25) is 0 Å². The second kappa shape index (κ2) is 10.9. The molecule has 0 bridgehead atoms. The molecular weight excluding hydrogens is 450 g/mol. The molecule has 2 amide bonds. The summed E-state index contributed by atoms with van der Waals surface area (Å²) in [4.78, 5) is 41.8. The number of ether oxygens (including phenoxy) is 1. The Balaban J connectivity index is 1.57. The van der Waals surface area contributed by atoms with Crippen molar-refractivity contribution in [3.63, 3.8) is 0 Å². The van der Waals surface area contributed by atoms with Gasteiger partial charge in [-0.25, -0.2) is 4.79 Å². The molecule has 0 aliphatic carbocycles. The first kappa shape index (κ1) is 24.1. The Morgan fingerprint density at radius 3 is 2.74 bits per heavy atom. The first-order valence-electron chi connectivity index (χ1n) is 11.8.